The maximum Gasteiger partial charge on any atom is 0.208 e. The number of hydrogen-bond donors (Lipinski definition) is 2. The Balaban J connectivity index is 2.11. The van der Waals surface area contributed by atoms with Crippen LogP contribution in [-0.4, -0.2) is 29.5 Å². The van der Waals surface area contributed by atoms with Crippen molar-refractivity contribution in [1.29, 1.82) is 0 Å². The molecule has 1 aliphatic heterocycles. The van der Waals surface area contributed by atoms with E-state index in [0.717, 1.165) is 18.4 Å². The predicted molar refractivity (Wildman–Crippen MR) is 71.6 cm³/mol. The zero-order valence-electron chi connectivity index (χ0n) is 11.2. The third-order valence-corrected chi connectivity index (χ3v) is 4.02. The first-order valence-electron chi connectivity index (χ1n) is 7.03. The summed E-state index contributed by atoms with van der Waals surface area (Å²) in [5.74, 6) is 7.42. The molecule has 0 unspecified atom stereocenters. The molecule has 0 amide bonds. The predicted octanol–water partition coefficient (Wildman–Crippen LogP) is 1.87. The van der Waals surface area contributed by atoms with Crippen LogP contribution in [0.1, 0.15) is 52.4 Å². The molecule has 4 heteroatoms. The minimum Gasteiger partial charge on any atom is -0.339 e. The monoisotopic (exact) mass is 238 g/mol. The number of fused-ring (bicyclic) bond motifs is 1. The van der Waals surface area contributed by atoms with E-state index in [4.69, 9.17) is 5.84 Å². The van der Waals surface area contributed by atoms with Crippen LogP contribution in [0.5, 0.6) is 0 Å². The van der Waals surface area contributed by atoms with Gasteiger partial charge < -0.3 is 4.90 Å². The molecule has 2 atom stereocenters. The van der Waals surface area contributed by atoms with Crippen LogP contribution in [0.4, 0.5) is 0 Å². The van der Waals surface area contributed by atoms with Gasteiger partial charge in [-0.25, -0.2) is 10.8 Å². The molecule has 2 rings (SSSR count). The maximum atomic E-state index is 5.65. The van der Waals surface area contributed by atoms with Gasteiger partial charge in [-0.05, 0) is 45.4 Å². The van der Waals surface area contributed by atoms with Gasteiger partial charge in [-0.1, -0.05) is 12.8 Å². The number of nitrogens with two attached hydrogens (primary N) is 1. The Kier molecular flexibility index (Phi) is 4.26. The van der Waals surface area contributed by atoms with Crippen LogP contribution >= 0.6 is 0 Å². The average Bonchev–Trinajstić information content (AvgIpc) is 2.35. The molecule has 1 saturated heterocycles. The summed E-state index contributed by atoms with van der Waals surface area (Å²) in [5, 5.41) is 0. The minimum atomic E-state index is 0.296. The van der Waals surface area contributed by atoms with Crippen LogP contribution < -0.4 is 11.3 Å². The first kappa shape index (κ1) is 12.7. The van der Waals surface area contributed by atoms with Crippen molar-refractivity contribution in [1.82, 2.24) is 10.3 Å². The quantitative estimate of drug-likeness (QED) is 0.317. The number of guanidine groups is 1. The maximum absolute atomic E-state index is 5.65. The van der Waals surface area contributed by atoms with Crippen molar-refractivity contribution in [3.8, 4) is 0 Å². The highest BCUT2D eigenvalue weighted by Gasteiger charge is 2.34. The third-order valence-electron chi connectivity index (χ3n) is 4.02. The van der Waals surface area contributed by atoms with Gasteiger partial charge in [0.25, 0.3) is 0 Å². The van der Waals surface area contributed by atoms with Gasteiger partial charge in [-0.15, -0.1) is 0 Å². The lowest BCUT2D eigenvalue weighted by molar-refractivity contribution is 0.115. The number of hydrogen-bond acceptors (Lipinski definition) is 2. The van der Waals surface area contributed by atoms with Gasteiger partial charge in [0.15, 0.2) is 0 Å². The largest absolute Gasteiger partial charge is 0.339 e. The van der Waals surface area contributed by atoms with Crippen molar-refractivity contribution in [2.24, 2.45) is 16.8 Å². The van der Waals surface area contributed by atoms with E-state index in [1.165, 1.54) is 38.5 Å². The van der Waals surface area contributed by atoms with Crippen molar-refractivity contribution in [3.05, 3.63) is 0 Å². The molecule has 0 radical (unpaired) electrons. The molecule has 0 aromatic carbocycles. The first-order chi connectivity index (χ1) is 8.22. The molecular formula is C13H26N4. The number of aliphatic imine (C=N–C) groups is 1. The summed E-state index contributed by atoms with van der Waals surface area (Å²) in [6.07, 6.45) is 8.13. The minimum absolute atomic E-state index is 0.296. The van der Waals surface area contributed by atoms with E-state index in [1.54, 1.807) is 0 Å². The smallest absolute Gasteiger partial charge is 0.208 e. The lowest BCUT2D eigenvalue weighted by Gasteiger charge is -2.45. The van der Waals surface area contributed by atoms with Crippen molar-refractivity contribution in [2.75, 3.05) is 6.54 Å². The number of piperidine rings is 1. The summed E-state index contributed by atoms with van der Waals surface area (Å²) in [4.78, 5) is 7.04. The van der Waals surface area contributed by atoms with E-state index in [2.05, 4.69) is 29.2 Å². The van der Waals surface area contributed by atoms with Crippen molar-refractivity contribution in [3.63, 3.8) is 0 Å². The summed E-state index contributed by atoms with van der Waals surface area (Å²) >= 11 is 0. The summed E-state index contributed by atoms with van der Waals surface area (Å²) in [6.45, 7) is 5.30. The topological polar surface area (TPSA) is 53.6 Å². The fourth-order valence-electron chi connectivity index (χ4n) is 3.33. The summed E-state index contributed by atoms with van der Waals surface area (Å²) in [6, 6.07) is 0.969. The Bertz CT molecular complexity index is 273. The Morgan fingerprint density at radius 3 is 2.65 bits per heavy atom. The van der Waals surface area contributed by atoms with E-state index >= 15 is 0 Å². The van der Waals surface area contributed by atoms with E-state index in [1.807, 2.05) is 0 Å². The normalized spacial score (nSPS) is 30.4. The standard InChI is InChI=1S/C13H26N4/c1-10(2)15-13(16-14)17-9-5-7-11-6-3-4-8-12(11)17/h10-12H,3-9,14H2,1-2H3,(H,15,16)/t11-,12-/m1/s1. The van der Waals surface area contributed by atoms with Crippen molar-refractivity contribution in [2.45, 2.75) is 64.5 Å². The highest BCUT2D eigenvalue weighted by atomic mass is 15.4. The van der Waals surface area contributed by atoms with Gasteiger partial charge in [0.05, 0.1) is 0 Å². The SMILES string of the molecule is CC(C)N=C(NN)N1CCC[C@H]2CCCC[C@H]21. The van der Waals surface area contributed by atoms with Crippen molar-refractivity contribution >= 4 is 5.96 Å². The van der Waals surface area contributed by atoms with Crippen LogP contribution in [0.25, 0.3) is 0 Å². The highest BCUT2D eigenvalue weighted by Crippen LogP contribution is 2.35. The molecule has 3 N–H and O–H groups in total. The fraction of sp³-hybridized carbons (Fsp3) is 0.923. The second kappa shape index (κ2) is 5.71. The van der Waals surface area contributed by atoms with Gasteiger partial charge in [0.1, 0.15) is 0 Å². The van der Waals surface area contributed by atoms with E-state index < -0.39 is 0 Å². The molecule has 0 aromatic rings. The van der Waals surface area contributed by atoms with E-state index in [0.29, 0.717) is 12.1 Å². The van der Waals surface area contributed by atoms with Gasteiger partial charge in [-0.3, -0.25) is 5.43 Å². The molecule has 0 bridgehead atoms. The van der Waals surface area contributed by atoms with Crippen molar-refractivity contribution < 1.29 is 0 Å². The van der Waals surface area contributed by atoms with Crippen LogP contribution in [0, 0.1) is 5.92 Å². The number of nitrogens with one attached hydrogen (secondary N) is 1. The van der Waals surface area contributed by atoms with Crippen LogP contribution in [0.3, 0.4) is 0 Å². The summed E-state index contributed by atoms with van der Waals surface area (Å²) in [7, 11) is 0. The molecule has 1 heterocycles. The Hall–Kier alpha value is -0.770. The Labute approximate surface area is 105 Å². The summed E-state index contributed by atoms with van der Waals surface area (Å²) < 4.78 is 0. The van der Waals surface area contributed by atoms with Gasteiger partial charge in [0, 0.05) is 18.6 Å². The molecule has 4 nitrogen and oxygen atoms in total. The molecule has 0 spiro atoms. The number of likely N-dealkylation sites (tertiary alicyclic amines) is 1. The first-order valence-corrected chi connectivity index (χ1v) is 7.03. The molecule has 1 saturated carbocycles. The molecule has 17 heavy (non-hydrogen) atoms. The van der Waals surface area contributed by atoms with Gasteiger partial charge in [0.2, 0.25) is 5.96 Å². The molecule has 1 aliphatic carbocycles. The number of hydrazine groups is 1. The van der Waals surface area contributed by atoms with E-state index in [-0.39, 0.29) is 0 Å². The lowest BCUT2D eigenvalue weighted by Crippen LogP contribution is -2.55. The van der Waals surface area contributed by atoms with E-state index in [9.17, 15) is 0 Å². The van der Waals surface area contributed by atoms with Crippen LogP contribution in [0.2, 0.25) is 0 Å². The Morgan fingerprint density at radius 1 is 1.24 bits per heavy atom. The lowest BCUT2D eigenvalue weighted by atomic mass is 9.78. The molecule has 2 aliphatic rings. The number of nitrogens with zero attached hydrogens (tertiary/aromatic N) is 2. The summed E-state index contributed by atoms with van der Waals surface area (Å²) in [5.41, 5.74) is 2.81. The fourth-order valence-corrected chi connectivity index (χ4v) is 3.33. The zero-order valence-corrected chi connectivity index (χ0v) is 11.2. The second-order valence-corrected chi connectivity index (χ2v) is 5.64. The van der Waals surface area contributed by atoms with Gasteiger partial charge in [-0.2, -0.15) is 0 Å². The van der Waals surface area contributed by atoms with Crippen LogP contribution in [-0.2, 0) is 0 Å². The zero-order chi connectivity index (χ0) is 12.3. The molecule has 2 fully saturated rings. The van der Waals surface area contributed by atoms with Gasteiger partial charge >= 0.3 is 0 Å². The highest BCUT2D eigenvalue weighted by molar-refractivity contribution is 5.80. The second-order valence-electron chi connectivity index (χ2n) is 5.64. The molecule has 0 aromatic heterocycles. The average molecular weight is 238 g/mol. The molecule has 98 valence electrons. The Morgan fingerprint density at radius 2 is 1.94 bits per heavy atom. The van der Waals surface area contributed by atoms with Crippen LogP contribution in [0.15, 0.2) is 4.99 Å². The number of rotatable bonds is 1. The third kappa shape index (κ3) is 2.92. The molecular weight excluding hydrogens is 212 g/mol.